The fourth-order valence-electron chi connectivity index (χ4n) is 3.00. The third-order valence-corrected chi connectivity index (χ3v) is 5.37. The maximum Gasteiger partial charge on any atom is 0.234 e. The lowest BCUT2D eigenvalue weighted by Crippen LogP contribution is -2.38. The molecule has 0 N–H and O–H groups in total. The number of anilines is 3. The molecule has 0 aliphatic carbocycles. The molecule has 0 saturated carbocycles. The Hall–Kier alpha value is -1.48. The van der Waals surface area contributed by atoms with Crippen molar-refractivity contribution in [3.8, 4) is 0 Å². The lowest BCUT2D eigenvalue weighted by Gasteiger charge is -2.28. The van der Waals surface area contributed by atoms with Crippen molar-refractivity contribution in [1.82, 2.24) is 15.0 Å². The van der Waals surface area contributed by atoms with Crippen molar-refractivity contribution in [3.05, 3.63) is 33.2 Å². The van der Waals surface area contributed by atoms with Gasteiger partial charge in [0.25, 0.3) is 0 Å². The Bertz CT molecular complexity index is 762. The topological polar surface area (TPSA) is 54.4 Å². The van der Waals surface area contributed by atoms with Crippen LogP contribution in [0.3, 0.4) is 0 Å². The average molecular weight is 467 g/mol. The summed E-state index contributed by atoms with van der Waals surface area (Å²) in [7, 11) is 0. The zero-order valence-corrected chi connectivity index (χ0v) is 18.0. The highest BCUT2D eigenvalue weighted by molar-refractivity contribution is 14.1. The lowest BCUT2D eigenvalue weighted by molar-refractivity contribution is 0.122. The molecule has 2 aromatic rings. The van der Waals surface area contributed by atoms with Crippen LogP contribution in [0.25, 0.3) is 0 Å². The molecule has 0 bridgehead atoms. The van der Waals surface area contributed by atoms with E-state index in [0.717, 1.165) is 37.1 Å². The fraction of sp³-hybridized carbons (Fsp3) is 0.526. The largest absolute Gasteiger partial charge is 0.378 e. The first-order valence-electron chi connectivity index (χ1n) is 9.12. The third kappa shape index (κ3) is 4.25. The zero-order chi connectivity index (χ0) is 18.7. The summed E-state index contributed by atoms with van der Waals surface area (Å²) in [5, 5.41) is 0. The minimum absolute atomic E-state index is 0.514. The SMILES string of the molecule is CCN(c1nc(C)nc(N2CCOCC2)n1)c1ccc(C(C)C)cc1I. The molecule has 0 amide bonds. The van der Waals surface area contributed by atoms with E-state index in [1.54, 1.807) is 0 Å². The third-order valence-electron chi connectivity index (χ3n) is 4.50. The number of halogens is 1. The van der Waals surface area contributed by atoms with E-state index in [1.165, 1.54) is 9.13 Å². The molecular formula is C19H26IN5O. The predicted molar refractivity (Wildman–Crippen MR) is 114 cm³/mol. The van der Waals surface area contributed by atoms with Gasteiger partial charge in [0.2, 0.25) is 11.9 Å². The summed E-state index contributed by atoms with van der Waals surface area (Å²) in [5.41, 5.74) is 2.48. The molecular weight excluding hydrogens is 441 g/mol. The van der Waals surface area contributed by atoms with Gasteiger partial charge in [-0.3, -0.25) is 0 Å². The van der Waals surface area contributed by atoms with E-state index >= 15 is 0 Å². The van der Waals surface area contributed by atoms with Gasteiger partial charge >= 0.3 is 0 Å². The standard InChI is InChI=1S/C19H26IN5O/c1-5-25(17-7-6-15(13(2)3)12-16(17)20)19-22-14(4)21-18(23-19)24-8-10-26-11-9-24/h6-7,12-13H,5,8-11H2,1-4H3. The van der Waals surface area contributed by atoms with Crippen LogP contribution < -0.4 is 9.80 Å². The van der Waals surface area contributed by atoms with E-state index in [4.69, 9.17) is 9.72 Å². The summed E-state index contributed by atoms with van der Waals surface area (Å²) in [5.74, 6) is 2.70. The molecule has 2 heterocycles. The second-order valence-corrected chi connectivity index (χ2v) is 7.85. The minimum Gasteiger partial charge on any atom is -0.378 e. The van der Waals surface area contributed by atoms with Gasteiger partial charge in [0.1, 0.15) is 5.82 Å². The number of aryl methyl sites for hydroxylation is 1. The van der Waals surface area contributed by atoms with Crippen molar-refractivity contribution in [2.75, 3.05) is 42.6 Å². The van der Waals surface area contributed by atoms with Gasteiger partial charge in [-0.1, -0.05) is 19.9 Å². The lowest BCUT2D eigenvalue weighted by atomic mass is 10.0. The molecule has 0 unspecified atom stereocenters. The maximum atomic E-state index is 5.44. The van der Waals surface area contributed by atoms with E-state index in [9.17, 15) is 0 Å². The molecule has 1 aliphatic rings. The van der Waals surface area contributed by atoms with Gasteiger partial charge in [0.05, 0.1) is 18.9 Å². The van der Waals surface area contributed by atoms with E-state index in [1.807, 2.05) is 6.92 Å². The summed E-state index contributed by atoms with van der Waals surface area (Å²) >= 11 is 2.41. The quantitative estimate of drug-likeness (QED) is 0.622. The summed E-state index contributed by atoms with van der Waals surface area (Å²) in [6.45, 7) is 12.3. The summed E-state index contributed by atoms with van der Waals surface area (Å²) in [4.78, 5) is 18.3. The Balaban J connectivity index is 1.96. The first-order valence-corrected chi connectivity index (χ1v) is 10.2. The van der Waals surface area contributed by atoms with Crippen LogP contribution >= 0.6 is 22.6 Å². The van der Waals surface area contributed by atoms with Crippen LogP contribution in [0.15, 0.2) is 18.2 Å². The molecule has 1 saturated heterocycles. The molecule has 0 radical (unpaired) electrons. The smallest absolute Gasteiger partial charge is 0.234 e. The molecule has 3 rings (SSSR count). The van der Waals surface area contributed by atoms with Gasteiger partial charge in [-0.05, 0) is 60.1 Å². The van der Waals surface area contributed by atoms with Crippen molar-refractivity contribution >= 4 is 40.2 Å². The Morgan fingerprint density at radius 2 is 1.92 bits per heavy atom. The molecule has 140 valence electrons. The molecule has 1 aromatic heterocycles. The fourth-order valence-corrected chi connectivity index (χ4v) is 3.83. The second-order valence-electron chi connectivity index (χ2n) is 6.69. The van der Waals surface area contributed by atoms with Gasteiger partial charge in [-0.25, -0.2) is 0 Å². The number of rotatable bonds is 5. The van der Waals surface area contributed by atoms with Crippen LogP contribution in [0.4, 0.5) is 17.6 Å². The van der Waals surface area contributed by atoms with E-state index in [2.05, 4.69) is 81.3 Å². The summed E-state index contributed by atoms with van der Waals surface area (Å²) < 4.78 is 6.65. The number of hydrogen-bond acceptors (Lipinski definition) is 6. The Morgan fingerprint density at radius 1 is 1.19 bits per heavy atom. The number of hydrogen-bond donors (Lipinski definition) is 0. The van der Waals surface area contributed by atoms with Gasteiger partial charge in [0, 0.05) is 23.2 Å². The summed E-state index contributed by atoms with van der Waals surface area (Å²) in [6.07, 6.45) is 0. The van der Waals surface area contributed by atoms with Gasteiger partial charge in [-0.2, -0.15) is 15.0 Å². The van der Waals surface area contributed by atoms with Crippen molar-refractivity contribution < 1.29 is 4.74 Å². The second kappa shape index (κ2) is 8.47. The van der Waals surface area contributed by atoms with Crippen LogP contribution in [-0.2, 0) is 4.74 Å². The first kappa shape index (κ1) is 19.3. The highest BCUT2D eigenvalue weighted by atomic mass is 127. The Labute approximate surface area is 169 Å². The van der Waals surface area contributed by atoms with Crippen LogP contribution in [-0.4, -0.2) is 47.8 Å². The maximum absolute atomic E-state index is 5.44. The molecule has 7 heteroatoms. The number of ether oxygens (including phenoxy) is 1. The number of morpholine rings is 1. The minimum atomic E-state index is 0.514. The molecule has 1 aromatic carbocycles. The monoisotopic (exact) mass is 467 g/mol. The predicted octanol–water partition coefficient (Wildman–Crippen LogP) is 3.90. The highest BCUT2D eigenvalue weighted by Gasteiger charge is 2.20. The van der Waals surface area contributed by atoms with Crippen LogP contribution in [0.2, 0.25) is 0 Å². The average Bonchev–Trinajstić information content (AvgIpc) is 2.64. The van der Waals surface area contributed by atoms with Crippen molar-refractivity contribution in [1.29, 1.82) is 0 Å². The molecule has 0 spiro atoms. The van der Waals surface area contributed by atoms with E-state index in [0.29, 0.717) is 25.1 Å². The van der Waals surface area contributed by atoms with E-state index in [-0.39, 0.29) is 0 Å². The van der Waals surface area contributed by atoms with Crippen molar-refractivity contribution in [3.63, 3.8) is 0 Å². The van der Waals surface area contributed by atoms with Crippen LogP contribution in [0, 0.1) is 10.5 Å². The Morgan fingerprint density at radius 3 is 2.54 bits per heavy atom. The molecule has 1 aliphatic heterocycles. The van der Waals surface area contributed by atoms with Crippen LogP contribution in [0.5, 0.6) is 0 Å². The van der Waals surface area contributed by atoms with Gasteiger partial charge in [0.15, 0.2) is 0 Å². The number of benzene rings is 1. The summed E-state index contributed by atoms with van der Waals surface area (Å²) in [6, 6.07) is 6.62. The van der Waals surface area contributed by atoms with Crippen molar-refractivity contribution in [2.24, 2.45) is 0 Å². The molecule has 0 atom stereocenters. The number of aromatic nitrogens is 3. The molecule has 26 heavy (non-hydrogen) atoms. The highest BCUT2D eigenvalue weighted by Crippen LogP contribution is 2.31. The molecule has 6 nitrogen and oxygen atoms in total. The number of nitrogens with zero attached hydrogens (tertiary/aromatic N) is 5. The van der Waals surface area contributed by atoms with Crippen LogP contribution in [0.1, 0.15) is 38.1 Å². The van der Waals surface area contributed by atoms with Gasteiger partial charge < -0.3 is 14.5 Å². The Kier molecular flexibility index (Phi) is 6.29. The van der Waals surface area contributed by atoms with Crippen molar-refractivity contribution in [2.45, 2.75) is 33.6 Å². The normalized spacial score (nSPS) is 14.8. The first-order chi connectivity index (χ1) is 12.5. The zero-order valence-electron chi connectivity index (χ0n) is 15.9. The van der Waals surface area contributed by atoms with E-state index < -0.39 is 0 Å². The van der Waals surface area contributed by atoms with Gasteiger partial charge in [-0.15, -0.1) is 0 Å². The molecule has 1 fully saturated rings.